The molecule has 0 aromatic heterocycles. The number of hydrogen-bond donors (Lipinski definition) is 0. The minimum Gasteiger partial charge on any atom is -0.444 e. The maximum atomic E-state index is 12.4. The van der Waals surface area contributed by atoms with Gasteiger partial charge >= 0.3 is 6.09 Å². The van der Waals surface area contributed by atoms with Gasteiger partial charge in [0, 0.05) is 6.54 Å². The van der Waals surface area contributed by atoms with Crippen molar-refractivity contribution in [2.24, 2.45) is 0 Å². The van der Waals surface area contributed by atoms with Crippen LogP contribution in [0.3, 0.4) is 0 Å². The molecule has 3 rings (SSSR count). The molecule has 0 unspecified atom stereocenters. The average molecular weight is 320 g/mol. The van der Waals surface area contributed by atoms with Crippen molar-refractivity contribution in [2.45, 2.75) is 39.5 Å². The van der Waals surface area contributed by atoms with Crippen LogP contribution < -0.4 is 0 Å². The zero-order valence-electron chi connectivity index (χ0n) is 14.2. The SMILES string of the molecule is CC(C)(C)OC(=O)N1Cc2cccc(-c3ccccc3C#N)c2C1. The van der Waals surface area contributed by atoms with Crippen molar-refractivity contribution in [3.63, 3.8) is 0 Å². The Morgan fingerprint density at radius 3 is 2.50 bits per heavy atom. The lowest BCUT2D eigenvalue weighted by molar-refractivity contribution is 0.0242. The molecule has 2 aromatic carbocycles. The summed E-state index contributed by atoms with van der Waals surface area (Å²) >= 11 is 0. The molecule has 2 aromatic rings. The number of fused-ring (bicyclic) bond motifs is 1. The van der Waals surface area contributed by atoms with E-state index in [9.17, 15) is 10.1 Å². The standard InChI is InChI=1S/C20H20N2O2/c1-20(2,3)24-19(23)22-12-15-8-6-10-17(18(15)13-22)16-9-5-4-7-14(16)11-21/h4-10H,12-13H2,1-3H3. The third kappa shape index (κ3) is 3.11. The Bertz CT molecular complexity index is 828. The van der Waals surface area contributed by atoms with Crippen LogP contribution in [0.5, 0.6) is 0 Å². The molecule has 0 radical (unpaired) electrons. The Balaban J connectivity index is 1.94. The van der Waals surface area contributed by atoms with E-state index in [-0.39, 0.29) is 6.09 Å². The van der Waals surface area contributed by atoms with Gasteiger partial charge in [0.1, 0.15) is 5.60 Å². The molecule has 0 fully saturated rings. The van der Waals surface area contributed by atoms with E-state index in [1.165, 1.54) is 0 Å². The molecule has 1 amide bonds. The Labute approximate surface area is 142 Å². The Hall–Kier alpha value is -2.80. The van der Waals surface area contributed by atoms with E-state index < -0.39 is 5.60 Å². The van der Waals surface area contributed by atoms with Crippen molar-refractivity contribution in [2.75, 3.05) is 0 Å². The topological polar surface area (TPSA) is 53.3 Å². The number of rotatable bonds is 1. The second kappa shape index (κ2) is 6.01. The van der Waals surface area contributed by atoms with Gasteiger partial charge < -0.3 is 4.74 Å². The summed E-state index contributed by atoms with van der Waals surface area (Å²) in [6, 6.07) is 15.8. The molecule has 4 heteroatoms. The Morgan fingerprint density at radius 2 is 1.79 bits per heavy atom. The fourth-order valence-electron chi connectivity index (χ4n) is 2.95. The van der Waals surface area contributed by atoms with Crippen molar-refractivity contribution in [3.05, 3.63) is 59.2 Å². The molecule has 4 nitrogen and oxygen atoms in total. The van der Waals surface area contributed by atoms with Crippen molar-refractivity contribution in [1.29, 1.82) is 5.26 Å². The summed E-state index contributed by atoms with van der Waals surface area (Å²) in [5.41, 5.74) is 4.24. The number of nitrogens with zero attached hydrogens (tertiary/aromatic N) is 2. The van der Waals surface area contributed by atoms with Gasteiger partial charge in [0.15, 0.2) is 0 Å². The van der Waals surface area contributed by atoms with Crippen LogP contribution >= 0.6 is 0 Å². The number of hydrogen-bond acceptors (Lipinski definition) is 3. The normalized spacial score (nSPS) is 13.3. The minimum absolute atomic E-state index is 0.307. The molecule has 1 heterocycles. The molecule has 1 aliphatic rings. The zero-order valence-corrected chi connectivity index (χ0v) is 14.2. The average Bonchev–Trinajstić information content (AvgIpc) is 2.97. The quantitative estimate of drug-likeness (QED) is 0.778. The van der Waals surface area contributed by atoms with Crippen LogP contribution in [-0.2, 0) is 17.8 Å². The summed E-state index contributed by atoms with van der Waals surface area (Å²) in [6.07, 6.45) is -0.307. The Morgan fingerprint density at radius 1 is 1.08 bits per heavy atom. The number of carbonyl (C=O) groups excluding carboxylic acids is 1. The first-order valence-corrected chi connectivity index (χ1v) is 7.97. The van der Waals surface area contributed by atoms with E-state index >= 15 is 0 Å². The Kier molecular flexibility index (Phi) is 4.02. The van der Waals surface area contributed by atoms with Gasteiger partial charge in [-0.05, 0) is 49.1 Å². The fourth-order valence-corrected chi connectivity index (χ4v) is 2.95. The molecule has 0 spiro atoms. The van der Waals surface area contributed by atoms with E-state index in [4.69, 9.17) is 4.74 Å². The summed E-state index contributed by atoms with van der Waals surface area (Å²) in [4.78, 5) is 14.1. The summed E-state index contributed by atoms with van der Waals surface area (Å²) in [6.45, 7) is 6.63. The maximum Gasteiger partial charge on any atom is 0.410 e. The van der Waals surface area contributed by atoms with Crippen LogP contribution in [0.15, 0.2) is 42.5 Å². The van der Waals surface area contributed by atoms with Crippen LogP contribution in [0.25, 0.3) is 11.1 Å². The molecule has 122 valence electrons. The molecular formula is C20H20N2O2. The van der Waals surface area contributed by atoms with Gasteiger partial charge in [-0.1, -0.05) is 36.4 Å². The first-order valence-electron chi connectivity index (χ1n) is 7.97. The van der Waals surface area contributed by atoms with Gasteiger partial charge in [-0.15, -0.1) is 0 Å². The fraction of sp³-hybridized carbons (Fsp3) is 0.300. The molecule has 0 saturated carbocycles. The number of nitriles is 1. The lowest BCUT2D eigenvalue weighted by Gasteiger charge is -2.24. The number of ether oxygens (including phenoxy) is 1. The third-order valence-corrected chi connectivity index (χ3v) is 3.97. The smallest absolute Gasteiger partial charge is 0.410 e. The summed E-state index contributed by atoms with van der Waals surface area (Å²) in [7, 11) is 0. The van der Waals surface area contributed by atoms with Gasteiger partial charge in [-0.25, -0.2) is 4.79 Å². The first kappa shape index (κ1) is 16.1. The summed E-state index contributed by atoms with van der Waals surface area (Å²) < 4.78 is 5.48. The molecule has 0 N–H and O–H groups in total. The van der Waals surface area contributed by atoms with E-state index in [0.29, 0.717) is 18.7 Å². The zero-order chi connectivity index (χ0) is 17.3. The second-order valence-corrected chi connectivity index (χ2v) is 6.94. The van der Waals surface area contributed by atoms with Crippen LogP contribution in [0.2, 0.25) is 0 Å². The van der Waals surface area contributed by atoms with Crippen molar-refractivity contribution >= 4 is 6.09 Å². The third-order valence-electron chi connectivity index (χ3n) is 3.97. The first-order chi connectivity index (χ1) is 11.4. The number of amides is 1. The highest BCUT2D eigenvalue weighted by molar-refractivity contribution is 5.77. The van der Waals surface area contributed by atoms with E-state index in [0.717, 1.165) is 22.3 Å². The second-order valence-electron chi connectivity index (χ2n) is 6.94. The van der Waals surface area contributed by atoms with Gasteiger partial charge in [-0.2, -0.15) is 5.26 Å². The molecule has 0 saturated heterocycles. The molecular weight excluding hydrogens is 300 g/mol. The van der Waals surface area contributed by atoms with Gasteiger partial charge in [0.05, 0.1) is 18.2 Å². The van der Waals surface area contributed by atoms with E-state index in [1.54, 1.807) is 4.90 Å². The molecule has 0 bridgehead atoms. The highest BCUT2D eigenvalue weighted by Crippen LogP contribution is 2.34. The van der Waals surface area contributed by atoms with Gasteiger partial charge in [0.25, 0.3) is 0 Å². The maximum absolute atomic E-state index is 12.4. The highest BCUT2D eigenvalue weighted by Gasteiger charge is 2.29. The van der Waals surface area contributed by atoms with Crippen molar-refractivity contribution < 1.29 is 9.53 Å². The van der Waals surface area contributed by atoms with Crippen molar-refractivity contribution in [3.8, 4) is 17.2 Å². The molecule has 0 atom stereocenters. The van der Waals surface area contributed by atoms with Crippen LogP contribution in [0.1, 0.15) is 37.5 Å². The predicted molar refractivity (Wildman–Crippen MR) is 92.1 cm³/mol. The van der Waals surface area contributed by atoms with Crippen LogP contribution in [0, 0.1) is 11.3 Å². The molecule has 1 aliphatic heterocycles. The van der Waals surface area contributed by atoms with Crippen LogP contribution in [-0.4, -0.2) is 16.6 Å². The minimum atomic E-state index is -0.512. The van der Waals surface area contributed by atoms with Gasteiger partial charge in [-0.3, -0.25) is 4.90 Å². The lowest BCUT2D eigenvalue weighted by atomic mass is 9.94. The lowest BCUT2D eigenvalue weighted by Crippen LogP contribution is -2.33. The summed E-state index contributed by atoms with van der Waals surface area (Å²) in [5.74, 6) is 0. The number of benzene rings is 2. The van der Waals surface area contributed by atoms with Gasteiger partial charge in [0.2, 0.25) is 0 Å². The van der Waals surface area contributed by atoms with Crippen LogP contribution in [0.4, 0.5) is 4.79 Å². The molecule has 24 heavy (non-hydrogen) atoms. The van der Waals surface area contributed by atoms with Crippen molar-refractivity contribution in [1.82, 2.24) is 4.90 Å². The predicted octanol–water partition coefficient (Wildman–Crippen LogP) is 4.48. The number of carbonyl (C=O) groups is 1. The van der Waals surface area contributed by atoms with E-state index in [2.05, 4.69) is 6.07 Å². The highest BCUT2D eigenvalue weighted by atomic mass is 16.6. The summed E-state index contributed by atoms with van der Waals surface area (Å²) in [5, 5.41) is 9.36. The largest absolute Gasteiger partial charge is 0.444 e. The van der Waals surface area contributed by atoms with E-state index in [1.807, 2.05) is 63.2 Å². The molecule has 0 aliphatic carbocycles. The monoisotopic (exact) mass is 320 g/mol.